The number of hydrogen-bond acceptors (Lipinski definition) is 5. The van der Waals surface area contributed by atoms with Crippen LogP contribution in [0.1, 0.15) is 64.0 Å². The highest BCUT2D eigenvalue weighted by Gasteiger charge is 2.23. The van der Waals surface area contributed by atoms with E-state index < -0.39 is 10.0 Å². The van der Waals surface area contributed by atoms with Gasteiger partial charge in [-0.25, -0.2) is 22.8 Å². The van der Waals surface area contributed by atoms with Crippen LogP contribution in [-0.2, 0) is 23.0 Å². The van der Waals surface area contributed by atoms with E-state index in [4.69, 9.17) is 0 Å². The van der Waals surface area contributed by atoms with Crippen LogP contribution in [0.4, 0.5) is 0 Å². The van der Waals surface area contributed by atoms with Crippen molar-refractivity contribution in [1.29, 1.82) is 0 Å². The number of halogens is 1. The number of guanidine groups is 1. The molecule has 1 aliphatic heterocycles. The van der Waals surface area contributed by atoms with Crippen LogP contribution in [-0.4, -0.2) is 60.6 Å². The highest BCUT2D eigenvalue weighted by Crippen LogP contribution is 2.25. The van der Waals surface area contributed by atoms with Crippen molar-refractivity contribution in [2.45, 2.75) is 71.4 Å². The van der Waals surface area contributed by atoms with E-state index in [0.29, 0.717) is 24.3 Å². The fourth-order valence-electron chi connectivity index (χ4n) is 3.50. The molecule has 0 bridgehead atoms. The summed E-state index contributed by atoms with van der Waals surface area (Å²) in [7, 11) is -3.28. The SMILES string of the molecule is CCNC(=NCCS(=O)(=O)NCC1CCC1)NC1CCc2nc(C(C)C)nn2C1.I. The Morgan fingerprint density at radius 3 is 2.70 bits per heavy atom. The number of aromatic nitrogens is 3. The zero-order chi connectivity index (χ0) is 20.9. The first kappa shape index (κ1) is 25.3. The van der Waals surface area contributed by atoms with E-state index >= 15 is 0 Å². The zero-order valence-electron chi connectivity index (χ0n) is 18.2. The summed E-state index contributed by atoms with van der Waals surface area (Å²) in [4.78, 5) is 9.09. The van der Waals surface area contributed by atoms with Crippen LogP contribution in [0.5, 0.6) is 0 Å². The highest BCUT2D eigenvalue weighted by molar-refractivity contribution is 14.0. The molecule has 1 saturated carbocycles. The molecule has 2 heterocycles. The van der Waals surface area contributed by atoms with Gasteiger partial charge in [0.1, 0.15) is 5.82 Å². The molecule has 172 valence electrons. The summed E-state index contributed by atoms with van der Waals surface area (Å²) < 4.78 is 29.0. The molecule has 2 aliphatic rings. The lowest BCUT2D eigenvalue weighted by Gasteiger charge is -2.25. The predicted molar refractivity (Wildman–Crippen MR) is 130 cm³/mol. The first-order valence-corrected chi connectivity index (χ1v) is 12.5. The second kappa shape index (κ2) is 11.6. The lowest BCUT2D eigenvalue weighted by molar-refractivity contribution is 0.316. The third-order valence-corrected chi connectivity index (χ3v) is 6.85. The van der Waals surface area contributed by atoms with Crippen LogP contribution in [0.3, 0.4) is 0 Å². The molecule has 3 rings (SSSR count). The third-order valence-electron chi connectivity index (χ3n) is 5.52. The van der Waals surface area contributed by atoms with Crippen molar-refractivity contribution in [2.24, 2.45) is 10.9 Å². The quantitative estimate of drug-likeness (QED) is 0.243. The number of aliphatic imine (C=N–C) groups is 1. The number of aryl methyl sites for hydroxylation is 1. The lowest BCUT2D eigenvalue weighted by Crippen LogP contribution is -2.47. The zero-order valence-corrected chi connectivity index (χ0v) is 21.4. The van der Waals surface area contributed by atoms with Gasteiger partial charge in [0.05, 0.1) is 18.8 Å². The molecule has 0 radical (unpaired) electrons. The average molecular weight is 554 g/mol. The number of fused-ring (bicyclic) bond motifs is 1. The Morgan fingerprint density at radius 2 is 2.07 bits per heavy atom. The molecular formula is C19H36IN7O2S. The van der Waals surface area contributed by atoms with Gasteiger partial charge >= 0.3 is 0 Å². The number of rotatable bonds is 9. The first-order valence-electron chi connectivity index (χ1n) is 10.8. The Balaban J connectivity index is 0.00000320. The number of hydrogen-bond donors (Lipinski definition) is 3. The lowest BCUT2D eigenvalue weighted by atomic mass is 9.86. The Hall–Kier alpha value is -0.950. The van der Waals surface area contributed by atoms with Crippen LogP contribution in [0.15, 0.2) is 4.99 Å². The maximum Gasteiger partial charge on any atom is 0.213 e. The van der Waals surface area contributed by atoms with Gasteiger partial charge in [-0.05, 0) is 32.1 Å². The summed E-state index contributed by atoms with van der Waals surface area (Å²) in [6.07, 6.45) is 5.29. The molecule has 1 aromatic heterocycles. The topological polar surface area (TPSA) is 113 Å². The maximum absolute atomic E-state index is 12.2. The largest absolute Gasteiger partial charge is 0.357 e. The Morgan fingerprint density at radius 1 is 1.30 bits per heavy atom. The van der Waals surface area contributed by atoms with Crippen molar-refractivity contribution in [3.8, 4) is 0 Å². The van der Waals surface area contributed by atoms with Gasteiger partial charge in [-0.3, -0.25) is 4.99 Å². The second-order valence-electron chi connectivity index (χ2n) is 8.33. The van der Waals surface area contributed by atoms with Crippen LogP contribution in [0.25, 0.3) is 0 Å². The fraction of sp³-hybridized carbons (Fsp3) is 0.842. The molecule has 0 amide bonds. The van der Waals surface area contributed by atoms with Gasteiger partial charge in [-0.2, -0.15) is 5.10 Å². The minimum atomic E-state index is -3.28. The molecule has 11 heteroatoms. The standard InChI is InChI=1S/C19H35N7O2S.HI/c1-4-20-19(21-10-11-29(27,28)22-12-15-6-5-7-15)23-16-8-9-17-24-18(14(2)3)25-26(17)13-16;/h14-16,22H,4-13H2,1-3H3,(H2,20,21,23);1H. The average Bonchev–Trinajstić information content (AvgIpc) is 3.04. The van der Waals surface area contributed by atoms with E-state index in [0.717, 1.165) is 50.4 Å². The molecule has 0 saturated heterocycles. The van der Waals surface area contributed by atoms with Crippen molar-refractivity contribution < 1.29 is 8.42 Å². The highest BCUT2D eigenvalue weighted by atomic mass is 127. The molecule has 0 spiro atoms. The van der Waals surface area contributed by atoms with E-state index in [9.17, 15) is 8.42 Å². The van der Waals surface area contributed by atoms with Gasteiger partial charge in [-0.1, -0.05) is 20.3 Å². The molecule has 1 atom stereocenters. The van der Waals surface area contributed by atoms with E-state index in [1.165, 1.54) is 6.42 Å². The number of sulfonamides is 1. The van der Waals surface area contributed by atoms with Crippen LogP contribution in [0.2, 0.25) is 0 Å². The molecule has 9 nitrogen and oxygen atoms in total. The molecule has 0 aromatic carbocycles. The van der Waals surface area contributed by atoms with Crippen molar-refractivity contribution in [3.63, 3.8) is 0 Å². The van der Waals surface area contributed by atoms with E-state index in [1.54, 1.807) is 0 Å². The number of nitrogens with one attached hydrogen (secondary N) is 3. The van der Waals surface area contributed by atoms with Crippen molar-refractivity contribution in [2.75, 3.05) is 25.4 Å². The van der Waals surface area contributed by atoms with Gasteiger partial charge < -0.3 is 10.6 Å². The molecule has 1 unspecified atom stereocenters. The van der Waals surface area contributed by atoms with Crippen molar-refractivity contribution >= 4 is 40.0 Å². The van der Waals surface area contributed by atoms with Gasteiger partial charge in [0.15, 0.2) is 11.8 Å². The van der Waals surface area contributed by atoms with Crippen LogP contribution >= 0.6 is 24.0 Å². The van der Waals surface area contributed by atoms with Gasteiger partial charge in [0.25, 0.3) is 0 Å². The van der Waals surface area contributed by atoms with E-state index in [-0.39, 0.29) is 42.3 Å². The predicted octanol–water partition coefficient (Wildman–Crippen LogP) is 1.61. The minimum absolute atomic E-state index is 0. The smallest absolute Gasteiger partial charge is 0.213 e. The fourth-order valence-corrected chi connectivity index (χ4v) is 4.46. The van der Waals surface area contributed by atoms with Gasteiger partial charge in [-0.15, -0.1) is 24.0 Å². The second-order valence-corrected chi connectivity index (χ2v) is 10.3. The molecule has 1 fully saturated rings. The summed E-state index contributed by atoms with van der Waals surface area (Å²) >= 11 is 0. The maximum atomic E-state index is 12.2. The van der Waals surface area contributed by atoms with Gasteiger partial charge in [0, 0.05) is 31.5 Å². The monoisotopic (exact) mass is 553 g/mol. The van der Waals surface area contributed by atoms with Crippen molar-refractivity contribution in [3.05, 3.63) is 11.6 Å². The molecule has 1 aliphatic carbocycles. The summed E-state index contributed by atoms with van der Waals surface area (Å²) in [5.74, 6) is 3.42. The summed E-state index contributed by atoms with van der Waals surface area (Å²) in [6.45, 7) is 8.45. The molecule has 30 heavy (non-hydrogen) atoms. The van der Waals surface area contributed by atoms with E-state index in [1.807, 2.05) is 11.6 Å². The Bertz CT molecular complexity index is 806. The van der Waals surface area contributed by atoms with E-state index in [2.05, 4.69) is 44.3 Å². The van der Waals surface area contributed by atoms with Crippen LogP contribution in [0, 0.1) is 5.92 Å². The molecule has 3 N–H and O–H groups in total. The third kappa shape index (κ3) is 7.33. The Kier molecular flexibility index (Phi) is 9.79. The first-order chi connectivity index (χ1) is 13.9. The minimum Gasteiger partial charge on any atom is -0.357 e. The Labute approximate surface area is 197 Å². The summed E-state index contributed by atoms with van der Waals surface area (Å²) in [5, 5.41) is 11.2. The van der Waals surface area contributed by atoms with Crippen molar-refractivity contribution in [1.82, 2.24) is 30.1 Å². The molecule has 1 aromatic rings. The molecular weight excluding hydrogens is 517 g/mol. The normalized spacial score (nSPS) is 19.7. The summed E-state index contributed by atoms with van der Waals surface area (Å²) in [6, 6.07) is 0.190. The van der Waals surface area contributed by atoms with Crippen LogP contribution < -0.4 is 15.4 Å². The van der Waals surface area contributed by atoms with Gasteiger partial charge in [0.2, 0.25) is 10.0 Å². The number of nitrogens with zero attached hydrogens (tertiary/aromatic N) is 4. The summed E-state index contributed by atoms with van der Waals surface area (Å²) in [5.41, 5.74) is 0.